The lowest BCUT2D eigenvalue weighted by Crippen LogP contribution is -2.35. The van der Waals surface area contributed by atoms with Crippen molar-refractivity contribution < 1.29 is 14.0 Å². The van der Waals surface area contributed by atoms with Crippen molar-refractivity contribution in [2.45, 2.75) is 19.8 Å². The second-order valence-electron chi connectivity index (χ2n) is 4.64. The monoisotopic (exact) mass is 279 g/mol. The van der Waals surface area contributed by atoms with Gasteiger partial charge in [-0.15, -0.1) is 0 Å². The molecular weight excluding hydrogens is 266 g/mol. The highest BCUT2D eigenvalue weighted by atomic mass is 35.5. The molecule has 0 atom stereocenters. The van der Waals surface area contributed by atoms with Crippen LogP contribution in [-0.2, 0) is 4.84 Å². The Balaban J connectivity index is 2.00. The summed E-state index contributed by atoms with van der Waals surface area (Å²) >= 11 is 5.97. The summed E-state index contributed by atoms with van der Waals surface area (Å²) < 4.78 is 5.64. The molecule has 1 saturated heterocycles. The van der Waals surface area contributed by atoms with Crippen LogP contribution >= 0.6 is 11.6 Å². The fourth-order valence-electron chi connectivity index (χ4n) is 2.27. The van der Waals surface area contributed by atoms with Crippen LogP contribution in [0.5, 0.6) is 0 Å². The molecule has 19 heavy (non-hydrogen) atoms. The highest BCUT2D eigenvalue weighted by molar-refractivity contribution is 6.31. The van der Waals surface area contributed by atoms with Crippen molar-refractivity contribution in [1.29, 1.82) is 0 Å². The first-order valence-electron chi connectivity index (χ1n) is 6.30. The topological polar surface area (TPSA) is 42.7 Å². The number of fused-ring (bicyclic) bond motifs is 1. The predicted octanol–water partition coefficient (Wildman–Crippen LogP) is 3.56. The van der Waals surface area contributed by atoms with Gasteiger partial charge in [0.2, 0.25) is 0 Å². The molecule has 0 unspecified atom stereocenters. The molecule has 0 bridgehead atoms. The first kappa shape index (κ1) is 12.5. The van der Waals surface area contributed by atoms with Gasteiger partial charge in [0.1, 0.15) is 5.58 Å². The van der Waals surface area contributed by atoms with Gasteiger partial charge in [-0.2, -0.15) is 0 Å². The Morgan fingerprint density at radius 1 is 1.37 bits per heavy atom. The first-order valence-corrected chi connectivity index (χ1v) is 6.68. The number of furan rings is 1. The summed E-state index contributed by atoms with van der Waals surface area (Å²) in [6.45, 7) is 3.05. The molecule has 4 nitrogen and oxygen atoms in total. The zero-order valence-corrected chi connectivity index (χ0v) is 11.4. The van der Waals surface area contributed by atoms with Gasteiger partial charge < -0.3 is 4.42 Å². The Hall–Kier alpha value is -1.52. The Morgan fingerprint density at radius 3 is 2.95 bits per heavy atom. The SMILES string of the molecule is Cc1c(C(=O)N2CCCCO2)oc2ccc(Cl)cc12. The quantitative estimate of drug-likeness (QED) is 0.801. The number of amides is 1. The van der Waals surface area contributed by atoms with Crippen molar-refractivity contribution in [3.8, 4) is 0 Å². The normalized spacial score (nSPS) is 16.0. The third kappa shape index (κ3) is 2.22. The summed E-state index contributed by atoms with van der Waals surface area (Å²) in [5.74, 6) is 0.115. The van der Waals surface area contributed by atoms with Crippen LogP contribution in [-0.4, -0.2) is 24.1 Å². The van der Waals surface area contributed by atoms with Gasteiger partial charge in [0, 0.05) is 22.5 Å². The van der Waals surface area contributed by atoms with E-state index >= 15 is 0 Å². The van der Waals surface area contributed by atoms with Crippen LogP contribution in [0.1, 0.15) is 29.0 Å². The van der Waals surface area contributed by atoms with Crippen LogP contribution in [0, 0.1) is 6.92 Å². The van der Waals surface area contributed by atoms with E-state index < -0.39 is 0 Å². The summed E-state index contributed by atoms with van der Waals surface area (Å²) in [5.41, 5.74) is 1.47. The number of nitrogens with zero attached hydrogens (tertiary/aromatic N) is 1. The van der Waals surface area contributed by atoms with E-state index in [4.69, 9.17) is 20.9 Å². The highest BCUT2D eigenvalue weighted by Crippen LogP contribution is 2.29. The van der Waals surface area contributed by atoms with Gasteiger partial charge in [-0.3, -0.25) is 9.63 Å². The minimum absolute atomic E-state index is 0.218. The molecule has 0 N–H and O–H groups in total. The fraction of sp³-hybridized carbons (Fsp3) is 0.357. The second-order valence-corrected chi connectivity index (χ2v) is 5.08. The minimum Gasteiger partial charge on any atom is -0.451 e. The van der Waals surface area contributed by atoms with Crippen molar-refractivity contribution in [1.82, 2.24) is 5.06 Å². The molecule has 0 aliphatic carbocycles. The maximum atomic E-state index is 12.3. The zero-order chi connectivity index (χ0) is 13.4. The van der Waals surface area contributed by atoms with Crippen molar-refractivity contribution in [2.75, 3.05) is 13.2 Å². The predicted molar refractivity (Wildman–Crippen MR) is 72.2 cm³/mol. The number of benzene rings is 1. The van der Waals surface area contributed by atoms with Crippen molar-refractivity contribution in [3.63, 3.8) is 0 Å². The lowest BCUT2D eigenvalue weighted by molar-refractivity contribution is -0.145. The van der Waals surface area contributed by atoms with E-state index in [1.54, 1.807) is 12.1 Å². The minimum atomic E-state index is -0.218. The molecule has 5 heteroatoms. The first-order chi connectivity index (χ1) is 9.16. The van der Waals surface area contributed by atoms with E-state index in [2.05, 4.69) is 0 Å². The molecule has 1 aromatic heterocycles. The van der Waals surface area contributed by atoms with Crippen LogP contribution < -0.4 is 0 Å². The number of halogens is 1. The number of hydroxylamine groups is 2. The van der Waals surface area contributed by atoms with Crippen LogP contribution in [0.3, 0.4) is 0 Å². The zero-order valence-electron chi connectivity index (χ0n) is 10.6. The van der Waals surface area contributed by atoms with Gasteiger partial charge >= 0.3 is 5.91 Å². The molecular formula is C14H14ClNO3. The standard InChI is InChI=1S/C14H14ClNO3/c1-9-11-8-10(15)4-5-12(11)19-13(9)14(17)16-6-2-3-7-18-16/h4-5,8H,2-3,6-7H2,1H3. The third-order valence-electron chi connectivity index (χ3n) is 3.32. The number of hydrogen-bond donors (Lipinski definition) is 0. The average molecular weight is 280 g/mol. The van der Waals surface area contributed by atoms with E-state index in [1.165, 1.54) is 5.06 Å². The maximum absolute atomic E-state index is 12.3. The lowest BCUT2D eigenvalue weighted by Gasteiger charge is -2.25. The molecule has 1 fully saturated rings. The molecule has 0 saturated carbocycles. The Labute approximate surface area is 115 Å². The number of carbonyl (C=O) groups is 1. The second kappa shape index (κ2) is 4.87. The molecule has 1 aliphatic rings. The molecule has 3 rings (SSSR count). The summed E-state index contributed by atoms with van der Waals surface area (Å²) in [5, 5.41) is 2.88. The lowest BCUT2D eigenvalue weighted by atomic mass is 10.1. The summed E-state index contributed by atoms with van der Waals surface area (Å²) in [6.07, 6.45) is 1.94. The molecule has 100 valence electrons. The maximum Gasteiger partial charge on any atom is 0.313 e. The molecule has 0 radical (unpaired) electrons. The molecule has 2 heterocycles. The van der Waals surface area contributed by atoms with Crippen molar-refractivity contribution in [2.24, 2.45) is 0 Å². The van der Waals surface area contributed by atoms with Crippen LogP contribution in [0.4, 0.5) is 0 Å². The van der Waals surface area contributed by atoms with Gasteiger partial charge in [-0.1, -0.05) is 11.6 Å². The molecule has 1 aromatic carbocycles. The van der Waals surface area contributed by atoms with Gasteiger partial charge in [0.15, 0.2) is 5.76 Å². The van der Waals surface area contributed by atoms with Gasteiger partial charge in [0.25, 0.3) is 0 Å². The van der Waals surface area contributed by atoms with Gasteiger partial charge in [0.05, 0.1) is 6.61 Å². The van der Waals surface area contributed by atoms with E-state index in [0.29, 0.717) is 29.5 Å². The van der Waals surface area contributed by atoms with Crippen LogP contribution in [0.15, 0.2) is 22.6 Å². The Bertz CT molecular complexity index is 629. The van der Waals surface area contributed by atoms with Gasteiger partial charge in [-0.25, -0.2) is 5.06 Å². The molecule has 0 spiro atoms. The van der Waals surface area contributed by atoms with Crippen LogP contribution in [0.25, 0.3) is 11.0 Å². The van der Waals surface area contributed by atoms with Crippen molar-refractivity contribution >= 4 is 28.5 Å². The van der Waals surface area contributed by atoms with E-state index in [0.717, 1.165) is 23.8 Å². The highest BCUT2D eigenvalue weighted by Gasteiger charge is 2.25. The summed E-state index contributed by atoms with van der Waals surface area (Å²) in [6, 6.07) is 5.33. The molecule has 1 amide bonds. The number of aryl methyl sites for hydroxylation is 1. The van der Waals surface area contributed by atoms with E-state index in [9.17, 15) is 4.79 Å². The summed E-state index contributed by atoms with van der Waals surface area (Å²) in [4.78, 5) is 17.7. The number of rotatable bonds is 1. The average Bonchev–Trinajstić information content (AvgIpc) is 2.76. The van der Waals surface area contributed by atoms with Gasteiger partial charge in [-0.05, 0) is 38.0 Å². The third-order valence-corrected chi connectivity index (χ3v) is 3.56. The molecule has 1 aliphatic heterocycles. The summed E-state index contributed by atoms with van der Waals surface area (Å²) in [7, 11) is 0. The van der Waals surface area contributed by atoms with Crippen molar-refractivity contribution in [3.05, 3.63) is 34.5 Å². The largest absolute Gasteiger partial charge is 0.451 e. The number of carbonyl (C=O) groups excluding carboxylic acids is 1. The fourth-order valence-corrected chi connectivity index (χ4v) is 2.44. The Morgan fingerprint density at radius 2 is 2.21 bits per heavy atom. The Kier molecular flexibility index (Phi) is 3.21. The number of hydrogen-bond acceptors (Lipinski definition) is 3. The van der Waals surface area contributed by atoms with E-state index in [-0.39, 0.29) is 5.91 Å². The molecule has 2 aromatic rings. The van der Waals surface area contributed by atoms with Crippen LogP contribution in [0.2, 0.25) is 5.02 Å². The van der Waals surface area contributed by atoms with E-state index in [1.807, 2.05) is 13.0 Å². The smallest absolute Gasteiger partial charge is 0.313 e.